The third kappa shape index (κ3) is 5.07. The maximum absolute atomic E-state index is 12.0. The van der Waals surface area contributed by atoms with E-state index in [4.69, 9.17) is 9.47 Å². The largest absolute Gasteiger partial charge is 0.501 e. The van der Waals surface area contributed by atoms with Gasteiger partial charge in [-0.2, -0.15) is 0 Å². The standard InChI is InChI=1S/C15H23NO4/c1-11(17)13(9-12-7-6-8-19-10-12)16(5)14(18)20-15(2,3)4/h9-10H,6-8H2,1-5H3. The van der Waals surface area contributed by atoms with Gasteiger partial charge in [0.2, 0.25) is 0 Å². The molecule has 1 heterocycles. The quantitative estimate of drug-likeness (QED) is 0.746. The second kappa shape index (κ2) is 6.59. The van der Waals surface area contributed by atoms with Crippen LogP contribution in [0, 0.1) is 0 Å². The fourth-order valence-corrected chi connectivity index (χ4v) is 1.73. The van der Waals surface area contributed by atoms with E-state index in [2.05, 4.69) is 0 Å². The predicted octanol–water partition coefficient (Wildman–Crippen LogP) is 3.02. The lowest BCUT2D eigenvalue weighted by Gasteiger charge is -2.25. The van der Waals surface area contributed by atoms with Gasteiger partial charge < -0.3 is 9.47 Å². The van der Waals surface area contributed by atoms with Gasteiger partial charge in [-0.15, -0.1) is 0 Å². The van der Waals surface area contributed by atoms with Crippen LogP contribution in [0.5, 0.6) is 0 Å². The lowest BCUT2D eigenvalue weighted by atomic mass is 10.1. The summed E-state index contributed by atoms with van der Waals surface area (Å²) >= 11 is 0. The van der Waals surface area contributed by atoms with E-state index >= 15 is 0 Å². The zero-order valence-corrected chi connectivity index (χ0v) is 12.9. The Kier molecular flexibility index (Phi) is 5.36. The van der Waals surface area contributed by atoms with E-state index in [0.717, 1.165) is 18.4 Å². The summed E-state index contributed by atoms with van der Waals surface area (Å²) < 4.78 is 10.5. The average molecular weight is 281 g/mol. The fourth-order valence-electron chi connectivity index (χ4n) is 1.73. The molecule has 0 saturated heterocycles. The third-order valence-electron chi connectivity index (χ3n) is 2.67. The molecule has 0 fully saturated rings. The van der Waals surface area contributed by atoms with Gasteiger partial charge in [-0.3, -0.25) is 9.69 Å². The van der Waals surface area contributed by atoms with Crippen LogP contribution in [-0.4, -0.2) is 36.0 Å². The highest BCUT2D eigenvalue weighted by molar-refractivity contribution is 5.96. The van der Waals surface area contributed by atoms with Crippen LogP contribution in [0.2, 0.25) is 0 Å². The Balaban J connectivity index is 2.90. The van der Waals surface area contributed by atoms with E-state index in [1.165, 1.54) is 18.9 Å². The third-order valence-corrected chi connectivity index (χ3v) is 2.67. The minimum atomic E-state index is -0.597. The molecular formula is C15H23NO4. The molecular weight excluding hydrogens is 258 g/mol. The first-order valence-corrected chi connectivity index (χ1v) is 6.70. The molecule has 0 bridgehead atoms. The maximum Gasteiger partial charge on any atom is 0.414 e. The minimum absolute atomic E-state index is 0.190. The number of nitrogens with zero attached hydrogens (tertiary/aromatic N) is 1. The van der Waals surface area contributed by atoms with Crippen molar-refractivity contribution in [2.24, 2.45) is 0 Å². The summed E-state index contributed by atoms with van der Waals surface area (Å²) in [6, 6.07) is 0. The number of ketones is 1. The smallest absolute Gasteiger partial charge is 0.414 e. The number of amides is 1. The first kappa shape index (κ1) is 16.3. The van der Waals surface area contributed by atoms with E-state index in [1.807, 2.05) is 0 Å². The van der Waals surface area contributed by atoms with Crippen molar-refractivity contribution in [3.8, 4) is 0 Å². The van der Waals surface area contributed by atoms with Gasteiger partial charge in [0.25, 0.3) is 0 Å². The second-order valence-corrected chi connectivity index (χ2v) is 5.79. The highest BCUT2D eigenvalue weighted by Gasteiger charge is 2.24. The van der Waals surface area contributed by atoms with Crippen molar-refractivity contribution in [3.05, 3.63) is 23.6 Å². The number of ether oxygens (including phenoxy) is 2. The van der Waals surface area contributed by atoms with Crippen molar-refractivity contribution in [2.45, 2.75) is 46.1 Å². The lowest BCUT2D eigenvalue weighted by molar-refractivity contribution is -0.115. The Morgan fingerprint density at radius 3 is 2.50 bits per heavy atom. The zero-order chi connectivity index (χ0) is 15.3. The number of carbonyl (C=O) groups is 2. The molecule has 1 rings (SSSR count). The number of allylic oxidation sites excluding steroid dienone is 3. The number of rotatable bonds is 3. The van der Waals surface area contributed by atoms with Gasteiger partial charge in [0.15, 0.2) is 5.78 Å². The van der Waals surface area contributed by atoms with E-state index in [-0.39, 0.29) is 5.78 Å². The van der Waals surface area contributed by atoms with Crippen LogP contribution in [0.25, 0.3) is 0 Å². The molecule has 5 nitrogen and oxygen atoms in total. The molecule has 1 amide bonds. The molecule has 0 spiro atoms. The van der Waals surface area contributed by atoms with Crippen LogP contribution in [0.3, 0.4) is 0 Å². The Hall–Kier alpha value is -1.78. The summed E-state index contributed by atoms with van der Waals surface area (Å²) in [5.74, 6) is -0.190. The molecule has 112 valence electrons. The Bertz CT molecular complexity index is 443. The lowest BCUT2D eigenvalue weighted by Crippen LogP contribution is -2.35. The maximum atomic E-state index is 12.0. The summed E-state index contributed by atoms with van der Waals surface area (Å²) in [5, 5.41) is 0. The topological polar surface area (TPSA) is 55.8 Å². The molecule has 0 N–H and O–H groups in total. The van der Waals surface area contributed by atoms with Crippen molar-refractivity contribution in [2.75, 3.05) is 13.7 Å². The Labute approximate surface area is 120 Å². The summed E-state index contributed by atoms with van der Waals surface area (Å²) in [6.45, 7) is 7.47. The number of carbonyl (C=O) groups excluding carboxylic acids is 2. The van der Waals surface area contributed by atoms with E-state index in [0.29, 0.717) is 12.3 Å². The summed E-state index contributed by atoms with van der Waals surface area (Å²) in [7, 11) is 1.53. The molecule has 5 heteroatoms. The van der Waals surface area contributed by atoms with Gasteiger partial charge in [0.05, 0.1) is 18.6 Å². The molecule has 0 aromatic rings. The molecule has 0 saturated carbocycles. The van der Waals surface area contributed by atoms with Crippen LogP contribution in [0.1, 0.15) is 40.5 Å². The summed E-state index contributed by atoms with van der Waals surface area (Å²) in [4.78, 5) is 25.0. The molecule has 0 atom stereocenters. The van der Waals surface area contributed by atoms with Crippen molar-refractivity contribution in [1.29, 1.82) is 0 Å². The number of hydrogen-bond donors (Lipinski definition) is 0. The van der Waals surface area contributed by atoms with Gasteiger partial charge in [0, 0.05) is 14.0 Å². The average Bonchev–Trinajstić information content (AvgIpc) is 2.34. The van der Waals surface area contributed by atoms with Crippen LogP contribution in [0.15, 0.2) is 23.6 Å². The number of Topliss-reactive ketones (excluding diaryl/α,β-unsaturated/α-hetero) is 1. The highest BCUT2D eigenvalue weighted by Crippen LogP contribution is 2.18. The number of hydrogen-bond acceptors (Lipinski definition) is 4. The zero-order valence-electron chi connectivity index (χ0n) is 12.9. The van der Waals surface area contributed by atoms with Gasteiger partial charge in [-0.25, -0.2) is 4.79 Å². The summed E-state index contributed by atoms with van der Waals surface area (Å²) in [6.07, 6.45) is 4.51. The molecule has 0 aromatic heterocycles. The second-order valence-electron chi connectivity index (χ2n) is 5.79. The normalized spacial score (nSPS) is 16.1. The van der Waals surface area contributed by atoms with Crippen LogP contribution in [-0.2, 0) is 14.3 Å². The molecule has 0 radical (unpaired) electrons. The van der Waals surface area contributed by atoms with Crippen molar-refractivity contribution < 1.29 is 19.1 Å². The highest BCUT2D eigenvalue weighted by atomic mass is 16.6. The SMILES string of the molecule is CC(=O)C(=CC1=COCCC1)N(C)C(=O)OC(C)(C)C. The van der Waals surface area contributed by atoms with E-state index < -0.39 is 11.7 Å². The predicted molar refractivity (Wildman–Crippen MR) is 76.0 cm³/mol. The van der Waals surface area contributed by atoms with Crippen LogP contribution >= 0.6 is 0 Å². The Morgan fingerprint density at radius 2 is 2.05 bits per heavy atom. The van der Waals surface area contributed by atoms with E-state index in [1.54, 1.807) is 33.1 Å². The van der Waals surface area contributed by atoms with Crippen molar-refractivity contribution >= 4 is 11.9 Å². The molecule has 0 unspecified atom stereocenters. The van der Waals surface area contributed by atoms with E-state index in [9.17, 15) is 9.59 Å². The molecule has 1 aliphatic rings. The van der Waals surface area contributed by atoms with Crippen molar-refractivity contribution in [1.82, 2.24) is 4.90 Å². The van der Waals surface area contributed by atoms with Gasteiger partial charge in [-0.1, -0.05) is 0 Å². The molecule has 0 aromatic carbocycles. The Morgan fingerprint density at radius 1 is 1.40 bits per heavy atom. The minimum Gasteiger partial charge on any atom is -0.501 e. The van der Waals surface area contributed by atoms with Crippen molar-refractivity contribution in [3.63, 3.8) is 0 Å². The molecule has 20 heavy (non-hydrogen) atoms. The summed E-state index contributed by atoms with van der Waals surface area (Å²) in [5.41, 5.74) is 0.605. The molecule has 1 aliphatic heterocycles. The fraction of sp³-hybridized carbons (Fsp3) is 0.600. The van der Waals surface area contributed by atoms with Gasteiger partial charge in [0.1, 0.15) is 5.60 Å². The first-order chi connectivity index (χ1) is 9.20. The molecule has 0 aliphatic carbocycles. The van der Waals surface area contributed by atoms with Gasteiger partial charge in [-0.05, 0) is 45.3 Å². The van der Waals surface area contributed by atoms with Crippen LogP contribution in [0.4, 0.5) is 4.79 Å². The van der Waals surface area contributed by atoms with Crippen LogP contribution < -0.4 is 0 Å². The monoisotopic (exact) mass is 281 g/mol. The first-order valence-electron chi connectivity index (χ1n) is 6.70. The van der Waals surface area contributed by atoms with Gasteiger partial charge >= 0.3 is 6.09 Å². The number of likely N-dealkylation sites (N-methyl/N-ethyl adjacent to an activating group) is 1.